The van der Waals surface area contributed by atoms with E-state index in [-0.39, 0.29) is 12.4 Å². The molecule has 84 valence electrons. The smallest absolute Gasteiger partial charge is 0.123 e. The third-order valence-corrected chi connectivity index (χ3v) is 2.29. The molecule has 0 aromatic heterocycles. The van der Waals surface area contributed by atoms with Crippen LogP contribution in [0.2, 0.25) is 0 Å². The maximum absolute atomic E-state index is 13.0. The van der Waals surface area contributed by atoms with Gasteiger partial charge in [0, 0.05) is 24.8 Å². The van der Waals surface area contributed by atoms with Crippen LogP contribution in [0, 0.1) is 5.82 Å². The lowest BCUT2D eigenvalue weighted by atomic mass is 10.1. The normalized spacial score (nSPS) is 12.6. The van der Waals surface area contributed by atoms with E-state index in [2.05, 4.69) is 0 Å². The molecule has 0 aliphatic rings. The Hall–Kier alpha value is -1.13. The Morgan fingerprint density at radius 1 is 1.47 bits per heavy atom. The van der Waals surface area contributed by atoms with Crippen LogP contribution in [0.5, 0.6) is 0 Å². The molecule has 0 spiro atoms. The first-order valence-electron chi connectivity index (χ1n) is 4.85. The van der Waals surface area contributed by atoms with E-state index in [0.717, 1.165) is 5.69 Å². The van der Waals surface area contributed by atoms with Crippen LogP contribution < -0.4 is 4.90 Å². The first kappa shape index (κ1) is 11.9. The van der Waals surface area contributed by atoms with Gasteiger partial charge in [0.25, 0.3) is 0 Å². The molecule has 0 unspecified atom stereocenters. The molecule has 0 saturated heterocycles. The fourth-order valence-corrected chi connectivity index (χ4v) is 1.48. The average molecular weight is 213 g/mol. The Morgan fingerprint density at radius 3 is 2.67 bits per heavy atom. The van der Waals surface area contributed by atoms with E-state index in [4.69, 9.17) is 5.11 Å². The molecule has 2 N–H and O–H groups in total. The summed E-state index contributed by atoms with van der Waals surface area (Å²) in [5.74, 6) is -0.368. The molecular weight excluding hydrogens is 197 g/mol. The highest BCUT2D eigenvalue weighted by atomic mass is 19.1. The quantitative estimate of drug-likeness (QED) is 0.792. The number of rotatable bonds is 4. The van der Waals surface area contributed by atoms with E-state index in [9.17, 15) is 9.50 Å². The predicted molar refractivity (Wildman–Crippen MR) is 57.4 cm³/mol. The van der Waals surface area contributed by atoms with Gasteiger partial charge in [0.05, 0.1) is 12.7 Å². The van der Waals surface area contributed by atoms with Crippen LogP contribution in [0.1, 0.15) is 18.6 Å². The fourth-order valence-electron chi connectivity index (χ4n) is 1.48. The zero-order chi connectivity index (χ0) is 11.4. The van der Waals surface area contributed by atoms with Gasteiger partial charge in [-0.1, -0.05) is 0 Å². The third kappa shape index (κ3) is 2.91. The lowest BCUT2D eigenvalue weighted by Crippen LogP contribution is -2.22. The summed E-state index contributed by atoms with van der Waals surface area (Å²) in [6.07, 6.45) is -0.725. The molecule has 1 atom stereocenters. The lowest BCUT2D eigenvalue weighted by molar-refractivity contribution is 0.199. The Labute approximate surface area is 88.8 Å². The Bertz CT molecular complexity index is 328. The first-order chi connectivity index (χ1) is 7.06. The molecule has 0 radical (unpaired) electrons. The van der Waals surface area contributed by atoms with Gasteiger partial charge in [-0.25, -0.2) is 4.39 Å². The standard InChI is InChI=1S/C11H16FNO2/c1-8(15)10-7-9(12)3-4-11(10)13(2)5-6-14/h3-4,7-8,14-15H,5-6H2,1-2H3/t8-/m0/s1. The van der Waals surface area contributed by atoms with Crippen LogP contribution in [0.3, 0.4) is 0 Å². The van der Waals surface area contributed by atoms with Crippen LogP contribution in [0.15, 0.2) is 18.2 Å². The molecule has 1 rings (SSSR count). The van der Waals surface area contributed by atoms with Gasteiger partial charge >= 0.3 is 0 Å². The van der Waals surface area contributed by atoms with Crippen LogP contribution in [0.25, 0.3) is 0 Å². The molecule has 0 bridgehead atoms. The second-order valence-corrected chi connectivity index (χ2v) is 3.52. The molecule has 1 aromatic rings. The van der Waals surface area contributed by atoms with Crippen molar-refractivity contribution in [2.24, 2.45) is 0 Å². The number of aliphatic hydroxyl groups is 2. The van der Waals surface area contributed by atoms with E-state index in [1.54, 1.807) is 24.9 Å². The number of benzene rings is 1. The molecular formula is C11H16FNO2. The Morgan fingerprint density at radius 2 is 2.13 bits per heavy atom. The van der Waals surface area contributed by atoms with Gasteiger partial charge in [0.15, 0.2) is 0 Å². The maximum atomic E-state index is 13.0. The van der Waals surface area contributed by atoms with Crippen molar-refractivity contribution in [3.05, 3.63) is 29.6 Å². The zero-order valence-electron chi connectivity index (χ0n) is 8.94. The molecule has 3 nitrogen and oxygen atoms in total. The number of likely N-dealkylation sites (N-methyl/N-ethyl adjacent to an activating group) is 1. The molecule has 1 aromatic carbocycles. The molecule has 0 saturated carbocycles. The van der Waals surface area contributed by atoms with Gasteiger partial charge in [-0.05, 0) is 25.1 Å². The summed E-state index contributed by atoms with van der Waals surface area (Å²) in [5, 5.41) is 18.3. The van der Waals surface area contributed by atoms with Crippen molar-refractivity contribution in [1.82, 2.24) is 0 Å². The van der Waals surface area contributed by atoms with Gasteiger partial charge in [0.2, 0.25) is 0 Å². The van der Waals surface area contributed by atoms with Gasteiger partial charge < -0.3 is 15.1 Å². The number of hydrogen-bond donors (Lipinski definition) is 2. The summed E-state index contributed by atoms with van der Waals surface area (Å²) in [6.45, 7) is 2.06. The van der Waals surface area contributed by atoms with Gasteiger partial charge in [-0.2, -0.15) is 0 Å². The summed E-state index contributed by atoms with van der Waals surface area (Å²) < 4.78 is 13.0. The molecule has 0 aliphatic carbocycles. The highest BCUT2D eigenvalue weighted by Gasteiger charge is 2.12. The van der Waals surface area contributed by atoms with Crippen LogP contribution in [-0.2, 0) is 0 Å². The summed E-state index contributed by atoms with van der Waals surface area (Å²) >= 11 is 0. The molecule has 0 aliphatic heterocycles. The number of hydrogen-bond acceptors (Lipinski definition) is 3. The summed E-state index contributed by atoms with van der Waals surface area (Å²) in [5.41, 5.74) is 1.27. The zero-order valence-corrected chi connectivity index (χ0v) is 8.94. The average Bonchev–Trinajstić information content (AvgIpc) is 2.17. The Balaban J connectivity index is 3.05. The lowest BCUT2D eigenvalue weighted by Gasteiger charge is -2.22. The highest BCUT2D eigenvalue weighted by Crippen LogP contribution is 2.26. The number of halogens is 1. The molecule has 15 heavy (non-hydrogen) atoms. The minimum atomic E-state index is -0.725. The van der Waals surface area contributed by atoms with E-state index >= 15 is 0 Å². The van der Waals surface area contributed by atoms with Crippen molar-refractivity contribution in [2.45, 2.75) is 13.0 Å². The SMILES string of the molecule is C[C@H](O)c1cc(F)ccc1N(C)CCO. The minimum absolute atomic E-state index is 0.0210. The van der Waals surface area contributed by atoms with Gasteiger partial charge in [0.1, 0.15) is 5.82 Å². The van der Waals surface area contributed by atoms with E-state index in [0.29, 0.717) is 12.1 Å². The van der Waals surface area contributed by atoms with Crippen molar-refractivity contribution in [1.29, 1.82) is 0 Å². The summed E-state index contributed by atoms with van der Waals surface area (Å²) in [7, 11) is 1.79. The Kier molecular flexibility index (Phi) is 4.05. The molecule has 0 heterocycles. The number of aliphatic hydroxyl groups excluding tert-OH is 2. The maximum Gasteiger partial charge on any atom is 0.123 e. The monoisotopic (exact) mass is 213 g/mol. The highest BCUT2D eigenvalue weighted by molar-refractivity contribution is 5.54. The van der Waals surface area contributed by atoms with E-state index < -0.39 is 6.10 Å². The molecule has 0 fully saturated rings. The first-order valence-corrected chi connectivity index (χ1v) is 4.85. The van der Waals surface area contributed by atoms with Crippen LogP contribution in [0.4, 0.5) is 10.1 Å². The second kappa shape index (κ2) is 5.09. The van der Waals surface area contributed by atoms with Crippen molar-refractivity contribution in [3.63, 3.8) is 0 Å². The van der Waals surface area contributed by atoms with Crippen LogP contribution in [-0.4, -0.2) is 30.4 Å². The van der Waals surface area contributed by atoms with Crippen LogP contribution >= 0.6 is 0 Å². The van der Waals surface area contributed by atoms with Gasteiger partial charge in [-0.15, -0.1) is 0 Å². The second-order valence-electron chi connectivity index (χ2n) is 3.52. The van der Waals surface area contributed by atoms with E-state index in [1.807, 2.05) is 0 Å². The van der Waals surface area contributed by atoms with Gasteiger partial charge in [-0.3, -0.25) is 0 Å². The van der Waals surface area contributed by atoms with Crippen molar-refractivity contribution < 1.29 is 14.6 Å². The fraction of sp³-hybridized carbons (Fsp3) is 0.455. The molecule has 4 heteroatoms. The van der Waals surface area contributed by atoms with Crippen molar-refractivity contribution in [3.8, 4) is 0 Å². The largest absolute Gasteiger partial charge is 0.395 e. The summed E-state index contributed by atoms with van der Waals surface area (Å²) in [6, 6.07) is 4.26. The van der Waals surface area contributed by atoms with Crippen molar-refractivity contribution >= 4 is 5.69 Å². The summed E-state index contributed by atoms with van der Waals surface area (Å²) in [4.78, 5) is 1.78. The third-order valence-electron chi connectivity index (χ3n) is 2.29. The predicted octanol–water partition coefficient (Wildman–Crippen LogP) is 1.31. The topological polar surface area (TPSA) is 43.7 Å². The van der Waals surface area contributed by atoms with Crippen molar-refractivity contribution in [2.75, 3.05) is 25.1 Å². The molecule has 0 amide bonds. The number of anilines is 1. The van der Waals surface area contributed by atoms with E-state index in [1.165, 1.54) is 12.1 Å². The number of nitrogens with zero attached hydrogens (tertiary/aromatic N) is 1. The minimum Gasteiger partial charge on any atom is -0.395 e.